The summed E-state index contributed by atoms with van der Waals surface area (Å²) in [5, 5.41) is 6.21. The van der Waals surface area contributed by atoms with Crippen LogP contribution in [0.1, 0.15) is 47.8 Å². The number of carbonyl (C=O) groups excluding carboxylic acids is 2. The largest absolute Gasteiger partial charge is 0.399 e. The third-order valence-corrected chi connectivity index (χ3v) is 5.83. The Morgan fingerprint density at radius 3 is 2.20 bits per heavy atom. The van der Waals surface area contributed by atoms with Crippen LogP contribution in [0.4, 0.5) is 0 Å². The smallest absolute Gasteiger partial charge is 0.193 e. The molecule has 0 atom stereocenters. The van der Waals surface area contributed by atoms with E-state index in [9.17, 15) is 4.79 Å². The van der Waals surface area contributed by atoms with Crippen LogP contribution in [0.2, 0.25) is 0 Å². The van der Waals surface area contributed by atoms with Crippen LogP contribution >= 0.6 is 0 Å². The second-order valence-corrected chi connectivity index (χ2v) is 8.05. The first-order chi connectivity index (χ1) is 17.0. The molecule has 1 heterocycles. The van der Waals surface area contributed by atoms with Crippen molar-refractivity contribution in [3.63, 3.8) is 0 Å². The maximum atomic E-state index is 13.3. The molecule has 0 saturated carbocycles. The summed E-state index contributed by atoms with van der Waals surface area (Å²) in [7, 11) is 1.55. The second kappa shape index (κ2) is 12.1. The van der Waals surface area contributed by atoms with Gasteiger partial charge in [-0.15, -0.1) is 0 Å². The maximum Gasteiger partial charge on any atom is 0.193 e. The number of ether oxygens (including phenoxy) is 1. The molecule has 0 aliphatic carbocycles. The van der Waals surface area contributed by atoms with Gasteiger partial charge >= 0.3 is 0 Å². The van der Waals surface area contributed by atoms with Gasteiger partial charge in [0, 0.05) is 46.1 Å². The van der Waals surface area contributed by atoms with Crippen LogP contribution in [0.5, 0.6) is 0 Å². The fraction of sp³-hybridized carbons (Fsp3) is 0.276. The van der Waals surface area contributed by atoms with Crippen molar-refractivity contribution >= 4 is 39.6 Å². The number of ketones is 1. The van der Waals surface area contributed by atoms with E-state index in [0.717, 1.165) is 57.0 Å². The van der Waals surface area contributed by atoms with Crippen molar-refractivity contribution in [2.24, 2.45) is 5.16 Å². The van der Waals surface area contributed by atoms with E-state index in [-0.39, 0.29) is 5.78 Å². The first-order valence-corrected chi connectivity index (χ1v) is 11.7. The zero-order valence-corrected chi connectivity index (χ0v) is 21.0. The number of rotatable bonds is 8. The molecule has 1 aromatic heterocycles. The molecule has 0 saturated heterocycles. The van der Waals surface area contributed by atoms with E-state index in [1.807, 2.05) is 63.2 Å². The number of aryl methyl sites for hydroxylation is 1. The van der Waals surface area contributed by atoms with Crippen LogP contribution in [0, 0.1) is 6.92 Å². The van der Waals surface area contributed by atoms with Crippen molar-refractivity contribution in [1.29, 1.82) is 0 Å². The number of hydrogen-bond acceptors (Lipinski definition) is 5. The number of benzene rings is 3. The first-order valence-electron chi connectivity index (χ1n) is 11.7. The highest BCUT2D eigenvalue weighted by molar-refractivity contribution is 6.16. The molecule has 6 nitrogen and oxygen atoms in total. The minimum absolute atomic E-state index is 0.0356. The van der Waals surface area contributed by atoms with Crippen LogP contribution in [0.3, 0.4) is 0 Å². The second-order valence-electron chi connectivity index (χ2n) is 8.05. The van der Waals surface area contributed by atoms with Crippen LogP contribution in [-0.2, 0) is 20.9 Å². The average Bonchev–Trinajstić information content (AvgIpc) is 3.17. The van der Waals surface area contributed by atoms with Gasteiger partial charge < -0.3 is 18.9 Å². The number of aromatic nitrogens is 1. The van der Waals surface area contributed by atoms with Crippen molar-refractivity contribution in [2.45, 2.75) is 34.2 Å². The SMILES string of the molecule is CC=O.CCOCCn1c2ccc(C(=O)c3ccccc3C)cc2c2cc(/C(C)=N/OC)ccc21. The van der Waals surface area contributed by atoms with E-state index < -0.39 is 0 Å². The number of nitrogens with zero attached hydrogens (tertiary/aromatic N) is 2. The summed E-state index contributed by atoms with van der Waals surface area (Å²) in [6, 6.07) is 20.0. The third-order valence-electron chi connectivity index (χ3n) is 5.83. The summed E-state index contributed by atoms with van der Waals surface area (Å²) in [5.41, 5.74) is 6.37. The van der Waals surface area contributed by atoms with E-state index >= 15 is 0 Å². The molecule has 6 heteroatoms. The number of hydrogen-bond donors (Lipinski definition) is 0. The molecule has 0 aliphatic rings. The standard InChI is InChI=1S/C27H28N2O3.C2H4O/c1-5-32-15-14-29-25-12-10-20(19(3)28-31-4)16-23(25)24-17-21(11-13-26(24)29)27(30)22-9-7-6-8-18(22)2;1-2-3/h6-13,16-17H,5,14-15H2,1-4H3;2H,1H3/b28-19+;. The van der Waals surface area contributed by atoms with Crippen molar-refractivity contribution in [1.82, 2.24) is 4.57 Å². The predicted octanol–water partition coefficient (Wildman–Crippen LogP) is 5.95. The Labute approximate surface area is 206 Å². The van der Waals surface area contributed by atoms with Crippen molar-refractivity contribution in [2.75, 3.05) is 20.3 Å². The summed E-state index contributed by atoms with van der Waals surface area (Å²) in [5.74, 6) is 0.0356. The van der Waals surface area contributed by atoms with Gasteiger partial charge in [0.15, 0.2) is 5.78 Å². The lowest BCUT2D eigenvalue weighted by atomic mass is 9.97. The van der Waals surface area contributed by atoms with Crippen molar-refractivity contribution in [3.05, 3.63) is 82.9 Å². The molecule has 35 heavy (non-hydrogen) atoms. The van der Waals surface area contributed by atoms with Gasteiger partial charge in [0.05, 0.1) is 12.3 Å². The Kier molecular flexibility index (Phi) is 8.92. The van der Waals surface area contributed by atoms with Gasteiger partial charge in [-0.2, -0.15) is 0 Å². The summed E-state index contributed by atoms with van der Waals surface area (Å²) >= 11 is 0. The van der Waals surface area contributed by atoms with Crippen LogP contribution in [0.15, 0.2) is 65.8 Å². The average molecular weight is 473 g/mol. The van der Waals surface area contributed by atoms with Crippen LogP contribution in [0.25, 0.3) is 21.8 Å². The number of aldehydes is 1. The molecular formula is C29H32N2O4. The molecule has 0 unspecified atom stereocenters. The lowest BCUT2D eigenvalue weighted by molar-refractivity contribution is -0.106. The number of carbonyl (C=O) groups is 2. The van der Waals surface area contributed by atoms with Gasteiger partial charge in [-0.25, -0.2) is 0 Å². The maximum absolute atomic E-state index is 13.3. The Hall–Kier alpha value is -3.77. The van der Waals surface area contributed by atoms with Gasteiger partial charge in [0.2, 0.25) is 0 Å². The van der Waals surface area contributed by atoms with Gasteiger partial charge in [-0.3, -0.25) is 4.79 Å². The van der Waals surface area contributed by atoms with Gasteiger partial charge in [0.1, 0.15) is 13.4 Å². The van der Waals surface area contributed by atoms with Crippen LogP contribution < -0.4 is 0 Å². The fourth-order valence-corrected chi connectivity index (χ4v) is 4.18. The normalized spacial score (nSPS) is 11.3. The van der Waals surface area contributed by atoms with E-state index in [0.29, 0.717) is 18.8 Å². The van der Waals surface area contributed by atoms with Gasteiger partial charge in [0.25, 0.3) is 0 Å². The van der Waals surface area contributed by atoms with Gasteiger partial charge in [-0.1, -0.05) is 35.5 Å². The molecule has 0 N–H and O–H groups in total. The zero-order valence-electron chi connectivity index (χ0n) is 21.0. The summed E-state index contributed by atoms with van der Waals surface area (Å²) in [6.07, 6.45) is 0.750. The third kappa shape index (κ3) is 5.66. The highest BCUT2D eigenvalue weighted by Gasteiger charge is 2.16. The fourth-order valence-electron chi connectivity index (χ4n) is 4.18. The Balaban J connectivity index is 0.00000108. The highest BCUT2D eigenvalue weighted by Crippen LogP contribution is 2.31. The predicted molar refractivity (Wildman–Crippen MR) is 142 cm³/mol. The molecule has 0 fully saturated rings. The first kappa shape index (κ1) is 25.8. The molecule has 0 spiro atoms. The highest BCUT2D eigenvalue weighted by atomic mass is 16.6. The quantitative estimate of drug-likeness (QED) is 0.105. The molecule has 182 valence electrons. The van der Waals surface area contributed by atoms with Crippen molar-refractivity contribution in [3.8, 4) is 0 Å². The Bertz CT molecular complexity index is 1370. The summed E-state index contributed by atoms with van der Waals surface area (Å²) in [6.45, 7) is 9.39. The molecule has 0 amide bonds. The number of oxime groups is 1. The van der Waals surface area contributed by atoms with E-state index in [4.69, 9.17) is 14.4 Å². The van der Waals surface area contributed by atoms with Gasteiger partial charge in [-0.05, 0) is 69.2 Å². The van der Waals surface area contributed by atoms with Crippen molar-refractivity contribution < 1.29 is 19.2 Å². The number of fused-ring (bicyclic) bond motifs is 3. The minimum atomic E-state index is 0.0356. The summed E-state index contributed by atoms with van der Waals surface area (Å²) in [4.78, 5) is 27.0. The van der Waals surface area contributed by atoms with Crippen LogP contribution in [-0.4, -0.2) is 42.7 Å². The lowest BCUT2D eigenvalue weighted by Gasteiger charge is -2.08. The van der Waals surface area contributed by atoms with E-state index in [1.54, 1.807) is 7.11 Å². The topological polar surface area (TPSA) is 69.9 Å². The summed E-state index contributed by atoms with van der Waals surface area (Å²) < 4.78 is 7.88. The lowest BCUT2D eigenvalue weighted by Crippen LogP contribution is -2.06. The minimum Gasteiger partial charge on any atom is -0.399 e. The molecule has 4 aromatic rings. The molecule has 0 radical (unpaired) electrons. The molecule has 4 rings (SSSR count). The molecule has 3 aromatic carbocycles. The Morgan fingerprint density at radius 2 is 1.60 bits per heavy atom. The molecule has 0 aliphatic heterocycles. The molecule has 0 bridgehead atoms. The molecular weight excluding hydrogens is 440 g/mol. The van der Waals surface area contributed by atoms with E-state index in [2.05, 4.69) is 27.9 Å². The Morgan fingerprint density at radius 1 is 1.00 bits per heavy atom. The zero-order chi connectivity index (χ0) is 25.4. The van der Waals surface area contributed by atoms with E-state index in [1.165, 1.54) is 6.92 Å². The monoisotopic (exact) mass is 472 g/mol.